The number of aromatic nitrogens is 2. The van der Waals surface area contributed by atoms with Crippen molar-refractivity contribution in [2.45, 2.75) is 45.8 Å². The first kappa shape index (κ1) is 16.7. The number of nitrogens with one attached hydrogen (secondary N) is 2. The summed E-state index contributed by atoms with van der Waals surface area (Å²) in [7, 11) is 0. The molecule has 1 rings (SSSR count). The van der Waals surface area contributed by atoms with Gasteiger partial charge in [0.25, 0.3) is 5.56 Å². The summed E-state index contributed by atoms with van der Waals surface area (Å²) in [5.74, 6) is -0.0629. The zero-order chi connectivity index (χ0) is 16.0. The van der Waals surface area contributed by atoms with Crippen molar-refractivity contribution in [3.05, 3.63) is 28.3 Å². The molecule has 0 spiro atoms. The Balaban J connectivity index is 2.47. The predicted octanol–water partition coefficient (Wildman–Crippen LogP) is 1.67. The van der Waals surface area contributed by atoms with Gasteiger partial charge < -0.3 is 20.8 Å². The molecule has 0 fully saturated rings. The maximum Gasteiger partial charge on any atom is 0.407 e. The van der Waals surface area contributed by atoms with Crippen LogP contribution in [0.3, 0.4) is 0 Å². The quantitative estimate of drug-likeness (QED) is 0.782. The minimum atomic E-state index is -0.519. The normalized spacial score (nSPS) is 13.1. The Morgan fingerprint density at radius 2 is 2.24 bits per heavy atom. The Labute approximate surface area is 123 Å². The smallest absolute Gasteiger partial charge is 0.407 e. The monoisotopic (exact) mass is 294 g/mol. The van der Waals surface area contributed by atoms with E-state index in [2.05, 4.69) is 15.3 Å². The van der Waals surface area contributed by atoms with Crippen molar-refractivity contribution in [2.75, 3.05) is 5.73 Å². The summed E-state index contributed by atoms with van der Waals surface area (Å²) in [4.78, 5) is 29.2. The number of rotatable bonds is 4. The molecule has 1 amide bonds. The van der Waals surface area contributed by atoms with Gasteiger partial charge in [-0.1, -0.05) is 6.08 Å². The maximum absolute atomic E-state index is 11.6. The van der Waals surface area contributed by atoms with Crippen molar-refractivity contribution in [3.8, 4) is 0 Å². The summed E-state index contributed by atoms with van der Waals surface area (Å²) in [5.41, 5.74) is 4.95. The van der Waals surface area contributed by atoms with Gasteiger partial charge in [0.1, 0.15) is 5.60 Å². The lowest BCUT2D eigenvalue weighted by atomic mass is 10.2. The Kier molecular flexibility index (Phi) is 5.52. The highest BCUT2D eigenvalue weighted by Crippen LogP contribution is 2.07. The van der Waals surface area contributed by atoms with E-state index in [4.69, 9.17) is 10.5 Å². The number of carbonyl (C=O) groups is 1. The Morgan fingerprint density at radius 3 is 2.81 bits per heavy atom. The first-order chi connectivity index (χ1) is 9.67. The van der Waals surface area contributed by atoms with Gasteiger partial charge >= 0.3 is 6.09 Å². The van der Waals surface area contributed by atoms with Crippen molar-refractivity contribution in [1.82, 2.24) is 15.3 Å². The van der Waals surface area contributed by atoms with Gasteiger partial charge in [-0.15, -0.1) is 0 Å². The highest BCUT2D eigenvalue weighted by atomic mass is 16.6. The number of carbonyl (C=O) groups excluding carboxylic acids is 1. The van der Waals surface area contributed by atoms with Gasteiger partial charge in [-0.3, -0.25) is 4.79 Å². The summed E-state index contributed by atoms with van der Waals surface area (Å²) >= 11 is 0. The van der Waals surface area contributed by atoms with Crippen molar-refractivity contribution in [1.29, 1.82) is 0 Å². The summed E-state index contributed by atoms with van der Waals surface area (Å²) in [5, 5.41) is 2.72. The number of alkyl carbamates (subject to hydrolysis) is 1. The van der Waals surface area contributed by atoms with Crippen molar-refractivity contribution in [3.63, 3.8) is 0 Å². The third kappa shape index (κ3) is 6.60. The number of ether oxygens (including phenoxy) is 1. The lowest BCUT2D eigenvalue weighted by Crippen LogP contribution is -2.37. The minimum absolute atomic E-state index is 0.0629. The van der Waals surface area contributed by atoms with Crippen LogP contribution < -0.4 is 16.6 Å². The van der Waals surface area contributed by atoms with E-state index in [9.17, 15) is 9.59 Å². The summed E-state index contributed by atoms with van der Waals surface area (Å²) in [6.07, 6.45) is 5.14. The molecule has 0 saturated heterocycles. The van der Waals surface area contributed by atoms with Crippen LogP contribution in [-0.2, 0) is 4.74 Å². The highest BCUT2D eigenvalue weighted by molar-refractivity contribution is 5.68. The van der Waals surface area contributed by atoms with Crippen molar-refractivity contribution < 1.29 is 9.53 Å². The largest absolute Gasteiger partial charge is 0.444 e. The van der Waals surface area contributed by atoms with Gasteiger partial charge in [-0.25, -0.2) is 9.78 Å². The standard InChI is InChI=1S/C14H22N4O3/c1-9(17-13(20)21-14(2,3)4)6-5-7-10-8-16-11(15)12(19)18-10/h5,7-9H,6H2,1-4H3,(H2,15,16)(H,17,20)(H,18,19)/b7-5+/t9-/m0/s1. The molecule has 0 aromatic carbocycles. The number of nitrogens with zero attached hydrogens (tertiary/aromatic N) is 1. The fraction of sp³-hybridized carbons (Fsp3) is 0.500. The molecule has 0 unspecified atom stereocenters. The number of H-pyrrole nitrogens is 1. The van der Waals surface area contributed by atoms with E-state index < -0.39 is 17.3 Å². The SMILES string of the molecule is C[C@@H](C/C=C/c1cnc(N)c(=O)[nH]1)NC(=O)OC(C)(C)C. The number of hydrogen-bond donors (Lipinski definition) is 3. The topological polar surface area (TPSA) is 110 Å². The Hall–Kier alpha value is -2.31. The van der Waals surface area contributed by atoms with E-state index in [0.717, 1.165) is 0 Å². The molecule has 4 N–H and O–H groups in total. The second kappa shape index (κ2) is 6.92. The van der Waals surface area contributed by atoms with Crippen LogP contribution in [0.2, 0.25) is 0 Å². The molecule has 1 aromatic heterocycles. The molecule has 0 aliphatic carbocycles. The van der Waals surface area contributed by atoms with E-state index in [-0.39, 0.29) is 11.9 Å². The lowest BCUT2D eigenvalue weighted by Gasteiger charge is -2.21. The van der Waals surface area contributed by atoms with Gasteiger partial charge in [-0.05, 0) is 40.2 Å². The molecule has 7 nitrogen and oxygen atoms in total. The number of anilines is 1. The second-order valence-corrected chi connectivity index (χ2v) is 5.74. The van der Waals surface area contributed by atoms with Crippen LogP contribution in [0.5, 0.6) is 0 Å². The average molecular weight is 294 g/mol. The zero-order valence-corrected chi connectivity index (χ0v) is 12.8. The molecular formula is C14H22N4O3. The van der Waals surface area contributed by atoms with E-state index in [1.165, 1.54) is 6.20 Å². The molecule has 0 bridgehead atoms. The Bertz CT molecular complexity index is 572. The summed E-state index contributed by atoms with van der Waals surface area (Å²) < 4.78 is 5.16. The average Bonchev–Trinajstić information content (AvgIpc) is 2.31. The molecule has 116 valence electrons. The van der Waals surface area contributed by atoms with Gasteiger partial charge in [0.05, 0.1) is 11.9 Å². The summed E-state index contributed by atoms with van der Waals surface area (Å²) in [6, 6.07) is -0.0930. The van der Waals surface area contributed by atoms with Crippen LogP contribution in [0.4, 0.5) is 10.6 Å². The summed E-state index contributed by atoms with van der Waals surface area (Å²) in [6.45, 7) is 7.28. The Morgan fingerprint density at radius 1 is 1.57 bits per heavy atom. The molecule has 7 heteroatoms. The van der Waals surface area contributed by atoms with Crippen molar-refractivity contribution >= 4 is 18.0 Å². The van der Waals surface area contributed by atoms with Crippen LogP contribution in [0, 0.1) is 0 Å². The fourth-order valence-corrected chi connectivity index (χ4v) is 1.48. The van der Waals surface area contributed by atoms with Gasteiger partial charge in [0.15, 0.2) is 5.82 Å². The number of amides is 1. The van der Waals surface area contributed by atoms with Crippen LogP contribution in [0.1, 0.15) is 39.8 Å². The fourth-order valence-electron chi connectivity index (χ4n) is 1.48. The predicted molar refractivity (Wildman–Crippen MR) is 81.8 cm³/mol. The van der Waals surface area contributed by atoms with Gasteiger partial charge in [-0.2, -0.15) is 0 Å². The van der Waals surface area contributed by atoms with E-state index in [0.29, 0.717) is 12.1 Å². The van der Waals surface area contributed by atoms with E-state index in [1.54, 1.807) is 6.08 Å². The number of aromatic amines is 1. The molecule has 21 heavy (non-hydrogen) atoms. The number of nitrogen functional groups attached to an aromatic ring is 1. The van der Waals surface area contributed by atoms with Crippen LogP contribution in [-0.4, -0.2) is 27.7 Å². The molecule has 1 atom stereocenters. The third-order valence-corrected chi connectivity index (χ3v) is 2.38. The van der Waals surface area contributed by atoms with Crippen molar-refractivity contribution in [2.24, 2.45) is 0 Å². The van der Waals surface area contributed by atoms with Gasteiger partial charge in [0.2, 0.25) is 0 Å². The molecule has 0 radical (unpaired) electrons. The van der Waals surface area contributed by atoms with Crippen LogP contribution in [0.15, 0.2) is 17.1 Å². The lowest BCUT2D eigenvalue weighted by molar-refractivity contribution is 0.0509. The van der Waals surface area contributed by atoms with Gasteiger partial charge in [0, 0.05) is 6.04 Å². The minimum Gasteiger partial charge on any atom is -0.444 e. The third-order valence-electron chi connectivity index (χ3n) is 2.38. The van der Waals surface area contributed by atoms with E-state index in [1.807, 2.05) is 33.8 Å². The van der Waals surface area contributed by atoms with Crippen LogP contribution in [0.25, 0.3) is 6.08 Å². The zero-order valence-electron chi connectivity index (χ0n) is 12.8. The number of hydrogen-bond acceptors (Lipinski definition) is 5. The molecule has 0 aliphatic rings. The maximum atomic E-state index is 11.6. The molecule has 0 aliphatic heterocycles. The molecular weight excluding hydrogens is 272 g/mol. The van der Waals surface area contributed by atoms with Crippen LogP contribution >= 0.6 is 0 Å². The first-order valence-electron chi connectivity index (χ1n) is 6.68. The molecule has 0 saturated carbocycles. The first-order valence-corrected chi connectivity index (χ1v) is 6.68. The molecule has 1 heterocycles. The molecule has 1 aromatic rings. The van der Waals surface area contributed by atoms with E-state index >= 15 is 0 Å². The number of nitrogens with two attached hydrogens (primary N) is 1. The second-order valence-electron chi connectivity index (χ2n) is 5.74. The highest BCUT2D eigenvalue weighted by Gasteiger charge is 2.17.